The Bertz CT molecular complexity index is 381. The lowest BCUT2D eigenvalue weighted by atomic mass is 10.1. The Kier molecular flexibility index (Phi) is 3.78. The zero-order valence-corrected chi connectivity index (χ0v) is 10.7. The molecule has 1 aromatic heterocycles. The molecule has 88 valence electrons. The van der Waals surface area contributed by atoms with Crippen LogP contribution in [0.3, 0.4) is 0 Å². The van der Waals surface area contributed by atoms with Crippen LogP contribution in [0.15, 0.2) is 4.34 Å². The molecule has 1 amide bonds. The molecule has 7 heteroatoms. The third-order valence-electron chi connectivity index (χ3n) is 2.43. The summed E-state index contributed by atoms with van der Waals surface area (Å²) in [6.45, 7) is 3.30. The van der Waals surface area contributed by atoms with Crippen LogP contribution in [-0.4, -0.2) is 34.9 Å². The smallest absolute Gasteiger partial charge is 0.229 e. The predicted octanol–water partition coefficient (Wildman–Crippen LogP) is 0.962. The molecule has 2 heterocycles. The van der Waals surface area contributed by atoms with Gasteiger partial charge in [0.1, 0.15) is 0 Å². The van der Waals surface area contributed by atoms with Crippen molar-refractivity contribution < 1.29 is 4.79 Å². The number of amides is 1. The maximum Gasteiger partial charge on any atom is 0.229 e. The van der Waals surface area contributed by atoms with Crippen molar-refractivity contribution in [3.05, 3.63) is 0 Å². The van der Waals surface area contributed by atoms with Crippen molar-refractivity contribution in [2.24, 2.45) is 11.7 Å². The van der Waals surface area contributed by atoms with Crippen LogP contribution in [0.4, 0.5) is 5.13 Å². The average Bonchev–Trinajstić information content (AvgIpc) is 2.85. The van der Waals surface area contributed by atoms with Gasteiger partial charge < -0.3 is 5.73 Å². The first-order valence-corrected chi connectivity index (χ1v) is 7.01. The van der Waals surface area contributed by atoms with Crippen LogP contribution in [0.2, 0.25) is 0 Å². The van der Waals surface area contributed by atoms with Gasteiger partial charge in [0, 0.05) is 13.0 Å². The van der Waals surface area contributed by atoms with Gasteiger partial charge in [-0.05, 0) is 18.2 Å². The van der Waals surface area contributed by atoms with Gasteiger partial charge in [-0.1, -0.05) is 30.0 Å². The van der Waals surface area contributed by atoms with E-state index in [4.69, 9.17) is 5.73 Å². The topological polar surface area (TPSA) is 72.1 Å². The van der Waals surface area contributed by atoms with Crippen molar-refractivity contribution in [1.29, 1.82) is 0 Å². The molecule has 0 saturated carbocycles. The molecule has 0 bridgehead atoms. The molecule has 1 aliphatic rings. The van der Waals surface area contributed by atoms with E-state index >= 15 is 0 Å². The Labute approximate surface area is 102 Å². The SMILES string of the molecule is CCSc1nnc(N2CC(CN)CC2=O)s1. The van der Waals surface area contributed by atoms with Crippen LogP contribution >= 0.6 is 23.1 Å². The molecule has 1 fully saturated rings. The van der Waals surface area contributed by atoms with Crippen LogP contribution < -0.4 is 10.6 Å². The largest absolute Gasteiger partial charge is 0.330 e. The molecule has 0 radical (unpaired) electrons. The lowest BCUT2D eigenvalue weighted by Crippen LogP contribution is -2.25. The number of rotatable bonds is 4. The second-order valence-corrected chi connectivity index (χ2v) is 6.06. The fourth-order valence-electron chi connectivity index (χ4n) is 1.62. The zero-order valence-electron chi connectivity index (χ0n) is 9.05. The van der Waals surface area contributed by atoms with Crippen molar-refractivity contribution in [2.75, 3.05) is 23.7 Å². The van der Waals surface area contributed by atoms with E-state index in [0.29, 0.717) is 24.6 Å². The number of thioether (sulfide) groups is 1. The van der Waals surface area contributed by atoms with Gasteiger partial charge >= 0.3 is 0 Å². The molecular formula is C9H14N4OS2. The number of aromatic nitrogens is 2. The highest BCUT2D eigenvalue weighted by atomic mass is 32.2. The molecule has 1 atom stereocenters. The Morgan fingerprint density at radius 1 is 1.62 bits per heavy atom. The molecule has 1 unspecified atom stereocenters. The molecular weight excluding hydrogens is 244 g/mol. The molecule has 0 aliphatic carbocycles. The maximum atomic E-state index is 11.7. The van der Waals surface area contributed by atoms with Crippen molar-refractivity contribution in [3.8, 4) is 0 Å². The highest BCUT2D eigenvalue weighted by molar-refractivity contribution is 8.01. The third-order valence-corrected chi connectivity index (χ3v) is 4.39. The molecule has 1 saturated heterocycles. The molecule has 2 rings (SSSR count). The molecule has 0 spiro atoms. The van der Waals surface area contributed by atoms with Crippen LogP contribution in [-0.2, 0) is 4.79 Å². The average molecular weight is 258 g/mol. The van der Waals surface area contributed by atoms with Crippen LogP contribution in [0.1, 0.15) is 13.3 Å². The van der Waals surface area contributed by atoms with Gasteiger partial charge in [-0.3, -0.25) is 9.69 Å². The van der Waals surface area contributed by atoms with E-state index in [1.165, 1.54) is 11.3 Å². The van der Waals surface area contributed by atoms with Gasteiger partial charge in [0.2, 0.25) is 11.0 Å². The van der Waals surface area contributed by atoms with Crippen molar-refractivity contribution in [3.63, 3.8) is 0 Å². The number of carbonyl (C=O) groups is 1. The van der Waals surface area contributed by atoms with Crippen molar-refractivity contribution >= 4 is 34.1 Å². The molecule has 0 aromatic carbocycles. The summed E-state index contributed by atoms with van der Waals surface area (Å²) in [6.07, 6.45) is 0.534. The van der Waals surface area contributed by atoms with Crippen LogP contribution in [0, 0.1) is 5.92 Å². The summed E-state index contributed by atoms with van der Waals surface area (Å²) in [5.74, 6) is 1.34. The number of nitrogens with two attached hydrogens (primary N) is 1. The molecule has 5 nitrogen and oxygen atoms in total. The summed E-state index contributed by atoms with van der Waals surface area (Å²) in [5, 5.41) is 8.80. The highest BCUT2D eigenvalue weighted by Crippen LogP contribution is 2.31. The number of hydrogen-bond acceptors (Lipinski definition) is 6. The summed E-state index contributed by atoms with van der Waals surface area (Å²) < 4.78 is 0.918. The molecule has 1 aliphatic heterocycles. The van der Waals surface area contributed by atoms with E-state index in [1.54, 1.807) is 16.7 Å². The van der Waals surface area contributed by atoms with E-state index < -0.39 is 0 Å². The van der Waals surface area contributed by atoms with E-state index in [-0.39, 0.29) is 11.8 Å². The Morgan fingerprint density at radius 2 is 2.44 bits per heavy atom. The second kappa shape index (κ2) is 5.11. The number of carbonyl (C=O) groups excluding carboxylic acids is 1. The fourth-order valence-corrected chi connectivity index (χ4v) is 3.38. The minimum Gasteiger partial charge on any atom is -0.330 e. The quantitative estimate of drug-likeness (QED) is 0.643. The lowest BCUT2D eigenvalue weighted by Gasteiger charge is -2.10. The predicted molar refractivity (Wildman–Crippen MR) is 65.8 cm³/mol. The zero-order chi connectivity index (χ0) is 11.5. The lowest BCUT2D eigenvalue weighted by molar-refractivity contribution is -0.117. The third kappa shape index (κ3) is 2.36. The van der Waals surface area contributed by atoms with E-state index in [2.05, 4.69) is 17.1 Å². The molecule has 16 heavy (non-hydrogen) atoms. The van der Waals surface area contributed by atoms with Gasteiger partial charge in [-0.25, -0.2) is 0 Å². The first-order valence-electron chi connectivity index (χ1n) is 5.21. The Balaban J connectivity index is 2.09. The molecule has 2 N–H and O–H groups in total. The summed E-state index contributed by atoms with van der Waals surface area (Å²) in [7, 11) is 0. The van der Waals surface area contributed by atoms with Crippen molar-refractivity contribution in [1.82, 2.24) is 10.2 Å². The Morgan fingerprint density at radius 3 is 3.06 bits per heavy atom. The van der Waals surface area contributed by atoms with Crippen molar-refractivity contribution in [2.45, 2.75) is 17.7 Å². The van der Waals surface area contributed by atoms with Crippen LogP contribution in [0.5, 0.6) is 0 Å². The van der Waals surface area contributed by atoms with Gasteiger partial charge in [0.15, 0.2) is 4.34 Å². The number of anilines is 1. The van der Waals surface area contributed by atoms with Crippen LogP contribution in [0.25, 0.3) is 0 Å². The number of nitrogens with zero attached hydrogens (tertiary/aromatic N) is 3. The van der Waals surface area contributed by atoms with Gasteiger partial charge in [-0.2, -0.15) is 0 Å². The summed E-state index contributed by atoms with van der Waals surface area (Å²) in [6, 6.07) is 0. The summed E-state index contributed by atoms with van der Waals surface area (Å²) in [4.78, 5) is 13.4. The first-order chi connectivity index (χ1) is 7.74. The minimum atomic E-state index is 0.111. The van der Waals surface area contributed by atoms with Gasteiger partial charge in [-0.15, -0.1) is 10.2 Å². The second-order valence-electron chi connectivity index (χ2n) is 3.59. The highest BCUT2D eigenvalue weighted by Gasteiger charge is 2.31. The maximum absolute atomic E-state index is 11.7. The number of hydrogen-bond donors (Lipinski definition) is 1. The first kappa shape index (κ1) is 11.8. The van der Waals surface area contributed by atoms with E-state index in [1.807, 2.05) is 0 Å². The summed E-state index contributed by atoms with van der Waals surface area (Å²) >= 11 is 3.12. The normalized spacial score (nSPS) is 20.8. The minimum absolute atomic E-state index is 0.111. The standard InChI is InChI=1S/C9H14N4OS2/c1-2-15-9-12-11-8(16-9)13-5-6(4-10)3-7(13)14/h6H,2-5,10H2,1H3. The van der Waals surface area contributed by atoms with Gasteiger partial charge in [0.05, 0.1) is 0 Å². The summed E-state index contributed by atoms with van der Waals surface area (Å²) in [5.41, 5.74) is 5.57. The van der Waals surface area contributed by atoms with E-state index in [0.717, 1.165) is 10.1 Å². The van der Waals surface area contributed by atoms with E-state index in [9.17, 15) is 4.79 Å². The molecule has 1 aromatic rings. The van der Waals surface area contributed by atoms with Gasteiger partial charge in [0.25, 0.3) is 0 Å². The fraction of sp³-hybridized carbons (Fsp3) is 0.667. The Hall–Kier alpha value is -0.660. The monoisotopic (exact) mass is 258 g/mol.